The van der Waals surface area contributed by atoms with Gasteiger partial charge < -0.3 is 14.4 Å². The van der Waals surface area contributed by atoms with Crippen LogP contribution in [0.1, 0.15) is 51.5 Å². The standard InChI is InChI=1S/C17H27N5O3/c1-13-9-21(10-17(25-13)7-8-24-11-17)16(23)19-15-18-12-22(20-15)14-5-3-2-4-6-14/h12-14H,2-11H2,1H3,(H,19,20,23)/t13-,17-/m1/s1. The Morgan fingerprint density at radius 1 is 1.36 bits per heavy atom. The molecule has 2 atom stereocenters. The van der Waals surface area contributed by atoms with Crippen molar-refractivity contribution in [1.82, 2.24) is 19.7 Å². The molecule has 8 heteroatoms. The summed E-state index contributed by atoms with van der Waals surface area (Å²) in [4.78, 5) is 18.7. The Bertz CT molecular complexity index is 607. The molecule has 25 heavy (non-hydrogen) atoms. The molecule has 1 aliphatic carbocycles. The van der Waals surface area contributed by atoms with Crippen molar-refractivity contribution in [3.05, 3.63) is 6.33 Å². The van der Waals surface area contributed by atoms with Gasteiger partial charge in [-0.1, -0.05) is 19.3 Å². The van der Waals surface area contributed by atoms with Crippen LogP contribution in [0, 0.1) is 0 Å². The van der Waals surface area contributed by atoms with Crippen LogP contribution in [-0.4, -0.2) is 63.7 Å². The maximum absolute atomic E-state index is 12.7. The molecule has 4 rings (SSSR count). The largest absolute Gasteiger partial charge is 0.378 e. The molecule has 3 aliphatic rings. The van der Waals surface area contributed by atoms with Crippen LogP contribution in [0.25, 0.3) is 0 Å². The smallest absolute Gasteiger partial charge is 0.324 e. The highest BCUT2D eigenvalue weighted by molar-refractivity contribution is 5.87. The number of aromatic nitrogens is 3. The first-order chi connectivity index (χ1) is 12.1. The van der Waals surface area contributed by atoms with Gasteiger partial charge in [0.05, 0.1) is 25.3 Å². The monoisotopic (exact) mass is 349 g/mol. The van der Waals surface area contributed by atoms with E-state index in [1.54, 1.807) is 11.2 Å². The fourth-order valence-electron chi connectivity index (χ4n) is 4.21. The Kier molecular flexibility index (Phi) is 4.64. The minimum absolute atomic E-state index is 0.00560. The van der Waals surface area contributed by atoms with Gasteiger partial charge in [0.15, 0.2) is 0 Å². The van der Waals surface area contributed by atoms with Gasteiger partial charge in [-0.15, -0.1) is 5.10 Å². The molecule has 8 nitrogen and oxygen atoms in total. The van der Waals surface area contributed by atoms with Crippen molar-refractivity contribution in [2.24, 2.45) is 0 Å². The quantitative estimate of drug-likeness (QED) is 0.885. The lowest BCUT2D eigenvalue weighted by atomic mass is 9.96. The summed E-state index contributed by atoms with van der Waals surface area (Å²) in [5, 5.41) is 7.31. The van der Waals surface area contributed by atoms with Crippen molar-refractivity contribution in [1.29, 1.82) is 0 Å². The fraction of sp³-hybridized carbons (Fsp3) is 0.824. The highest BCUT2D eigenvalue weighted by Crippen LogP contribution is 2.30. The third-order valence-electron chi connectivity index (χ3n) is 5.44. The van der Waals surface area contributed by atoms with Crippen molar-refractivity contribution >= 4 is 12.0 Å². The molecule has 1 spiro atoms. The van der Waals surface area contributed by atoms with E-state index in [2.05, 4.69) is 15.4 Å². The Morgan fingerprint density at radius 2 is 2.20 bits per heavy atom. The maximum Gasteiger partial charge on any atom is 0.324 e. The summed E-state index contributed by atoms with van der Waals surface area (Å²) < 4.78 is 13.5. The molecule has 2 aliphatic heterocycles. The normalized spacial score (nSPS) is 30.8. The molecule has 2 amide bonds. The van der Waals surface area contributed by atoms with Gasteiger partial charge in [0.25, 0.3) is 0 Å². The topological polar surface area (TPSA) is 81.5 Å². The van der Waals surface area contributed by atoms with Gasteiger partial charge in [-0.3, -0.25) is 5.32 Å². The Balaban J connectivity index is 1.39. The summed E-state index contributed by atoms with van der Waals surface area (Å²) in [6.45, 7) is 4.35. The minimum Gasteiger partial charge on any atom is -0.378 e. The van der Waals surface area contributed by atoms with Crippen molar-refractivity contribution in [2.75, 3.05) is 31.6 Å². The molecular weight excluding hydrogens is 322 g/mol. The fourth-order valence-corrected chi connectivity index (χ4v) is 4.21. The lowest BCUT2D eigenvalue weighted by Crippen LogP contribution is -2.57. The molecule has 0 radical (unpaired) electrons. The van der Waals surface area contributed by atoms with E-state index in [9.17, 15) is 4.79 Å². The summed E-state index contributed by atoms with van der Waals surface area (Å²) in [6.07, 6.45) is 8.61. The first kappa shape index (κ1) is 16.8. The van der Waals surface area contributed by atoms with Crippen LogP contribution in [0.4, 0.5) is 10.7 Å². The summed E-state index contributed by atoms with van der Waals surface area (Å²) in [5.41, 5.74) is -0.357. The van der Waals surface area contributed by atoms with Crippen LogP contribution >= 0.6 is 0 Å². The minimum atomic E-state index is -0.357. The zero-order chi connectivity index (χ0) is 17.3. The number of morpholine rings is 1. The van der Waals surface area contributed by atoms with E-state index in [1.165, 1.54) is 19.3 Å². The summed E-state index contributed by atoms with van der Waals surface area (Å²) in [7, 11) is 0. The lowest BCUT2D eigenvalue weighted by molar-refractivity contribution is -0.136. The van der Waals surface area contributed by atoms with E-state index in [0.29, 0.717) is 38.3 Å². The van der Waals surface area contributed by atoms with Crippen LogP contribution in [0.3, 0.4) is 0 Å². The molecule has 1 N–H and O–H groups in total. The second kappa shape index (κ2) is 6.92. The number of nitrogens with one attached hydrogen (secondary N) is 1. The van der Waals surface area contributed by atoms with E-state index in [0.717, 1.165) is 19.3 Å². The second-order valence-corrected chi connectivity index (χ2v) is 7.56. The first-order valence-electron chi connectivity index (χ1n) is 9.36. The molecule has 1 saturated carbocycles. The number of anilines is 1. The van der Waals surface area contributed by atoms with E-state index in [4.69, 9.17) is 9.47 Å². The first-order valence-corrected chi connectivity index (χ1v) is 9.36. The molecule has 2 saturated heterocycles. The molecule has 138 valence electrons. The Morgan fingerprint density at radius 3 is 2.96 bits per heavy atom. The molecule has 3 heterocycles. The van der Waals surface area contributed by atoms with Gasteiger partial charge in [-0.05, 0) is 19.8 Å². The van der Waals surface area contributed by atoms with Crippen molar-refractivity contribution in [3.63, 3.8) is 0 Å². The summed E-state index contributed by atoms with van der Waals surface area (Å²) in [5.74, 6) is 0.381. The zero-order valence-electron chi connectivity index (χ0n) is 14.8. The number of hydrogen-bond donors (Lipinski definition) is 1. The number of hydrogen-bond acceptors (Lipinski definition) is 5. The third-order valence-corrected chi connectivity index (χ3v) is 5.44. The highest BCUT2D eigenvalue weighted by atomic mass is 16.6. The maximum atomic E-state index is 12.7. The number of amides is 2. The second-order valence-electron chi connectivity index (χ2n) is 7.56. The Labute approximate surface area is 147 Å². The number of carbonyl (C=O) groups excluding carboxylic acids is 1. The van der Waals surface area contributed by atoms with Crippen LogP contribution in [0.2, 0.25) is 0 Å². The van der Waals surface area contributed by atoms with E-state index < -0.39 is 0 Å². The zero-order valence-corrected chi connectivity index (χ0v) is 14.8. The molecule has 3 fully saturated rings. The molecule has 1 aromatic heterocycles. The van der Waals surface area contributed by atoms with Gasteiger partial charge in [-0.2, -0.15) is 0 Å². The number of rotatable bonds is 2. The predicted molar refractivity (Wildman–Crippen MR) is 91.4 cm³/mol. The van der Waals surface area contributed by atoms with Crippen LogP contribution in [0.5, 0.6) is 0 Å². The van der Waals surface area contributed by atoms with Gasteiger partial charge in [0.1, 0.15) is 11.9 Å². The van der Waals surface area contributed by atoms with Gasteiger partial charge in [-0.25, -0.2) is 14.5 Å². The summed E-state index contributed by atoms with van der Waals surface area (Å²) in [6, 6.07) is 0.247. The SMILES string of the molecule is C[C@@H]1CN(C(=O)Nc2ncn(C3CCCCC3)n2)C[C@@]2(CCOC2)O1. The number of nitrogens with zero attached hydrogens (tertiary/aromatic N) is 4. The van der Waals surface area contributed by atoms with Crippen molar-refractivity contribution in [3.8, 4) is 0 Å². The molecule has 1 aromatic rings. The van der Waals surface area contributed by atoms with E-state index in [1.807, 2.05) is 11.6 Å². The predicted octanol–water partition coefficient (Wildman–Crippen LogP) is 2.20. The molecule has 0 unspecified atom stereocenters. The Hall–Kier alpha value is -1.67. The van der Waals surface area contributed by atoms with Crippen molar-refractivity contribution < 1.29 is 14.3 Å². The average molecular weight is 349 g/mol. The average Bonchev–Trinajstić information content (AvgIpc) is 3.25. The molecular formula is C17H27N5O3. The molecule has 0 aromatic carbocycles. The van der Waals surface area contributed by atoms with E-state index >= 15 is 0 Å². The molecule has 0 bridgehead atoms. The summed E-state index contributed by atoms with van der Waals surface area (Å²) >= 11 is 0. The highest BCUT2D eigenvalue weighted by Gasteiger charge is 2.44. The van der Waals surface area contributed by atoms with Crippen molar-refractivity contribution in [2.45, 2.75) is 63.2 Å². The van der Waals surface area contributed by atoms with Crippen LogP contribution < -0.4 is 5.32 Å². The number of carbonyl (C=O) groups is 1. The van der Waals surface area contributed by atoms with Gasteiger partial charge in [0, 0.05) is 19.6 Å². The third kappa shape index (κ3) is 3.64. The number of ether oxygens (including phenoxy) is 2. The van der Waals surface area contributed by atoms with Crippen LogP contribution in [0.15, 0.2) is 6.33 Å². The lowest BCUT2D eigenvalue weighted by Gasteiger charge is -2.42. The van der Waals surface area contributed by atoms with Gasteiger partial charge >= 0.3 is 6.03 Å². The van der Waals surface area contributed by atoms with Gasteiger partial charge in [0.2, 0.25) is 5.95 Å². The number of urea groups is 1. The van der Waals surface area contributed by atoms with E-state index in [-0.39, 0.29) is 17.7 Å². The van der Waals surface area contributed by atoms with Crippen LogP contribution in [-0.2, 0) is 9.47 Å².